The van der Waals surface area contributed by atoms with Gasteiger partial charge in [0.15, 0.2) is 4.60 Å². The van der Waals surface area contributed by atoms with Crippen molar-refractivity contribution in [3.63, 3.8) is 0 Å². The minimum atomic E-state index is 0.601. The Morgan fingerprint density at radius 1 is 1.50 bits per heavy atom. The van der Waals surface area contributed by atoms with Crippen molar-refractivity contribution in [3.8, 4) is 0 Å². The van der Waals surface area contributed by atoms with E-state index in [4.69, 9.17) is 0 Å². The number of aromatic nitrogens is 3. The highest BCUT2D eigenvalue weighted by Gasteiger charge is 2.29. The molecule has 0 bridgehead atoms. The molecule has 4 nitrogen and oxygen atoms in total. The molecule has 2 rings (SSSR count). The van der Waals surface area contributed by atoms with Crippen LogP contribution in [0, 0.1) is 0 Å². The molecule has 2 unspecified atom stereocenters. The Balaban J connectivity index is 1.98. The highest BCUT2D eigenvalue weighted by atomic mass is 79.9. The van der Waals surface area contributed by atoms with E-state index in [0.29, 0.717) is 12.0 Å². The molecule has 0 spiro atoms. The molecule has 16 heavy (non-hydrogen) atoms. The monoisotopic (exact) mass is 286 g/mol. The lowest BCUT2D eigenvalue weighted by Crippen LogP contribution is -2.27. The van der Waals surface area contributed by atoms with E-state index in [0.717, 1.165) is 11.1 Å². The van der Waals surface area contributed by atoms with E-state index in [9.17, 15) is 0 Å². The van der Waals surface area contributed by atoms with Crippen molar-refractivity contribution in [2.24, 2.45) is 7.05 Å². The van der Waals surface area contributed by atoms with Gasteiger partial charge in [0.2, 0.25) is 0 Å². The summed E-state index contributed by atoms with van der Waals surface area (Å²) in [6.07, 6.45) is 4.92. The van der Waals surface area contributed by atoms with Crippen molar-refractivity contribution in [3.05, 3.63) is 10.3 Å². The third-order valence-electron chi connectivity index (χ3n) is 3.33. The zero-order valence-electron chi connectivity index (χ0n) is 9.91. The molecule has 0 amide bonds. The van der Waals surface area contributed by atoms with E-state index in [1.807, 2.05) is 11.7 Å². The molecule has 90 valence electrons. The summed E-state index contributed by atoms with van der Waals surface area (Å²) in [5, 5.41) is 11.7. The first-order valence-corrected chi connectivity index (χ1v) is 6.80. The Morgan fingerprint density at radius 3 is 2.94 bits per heavy atom. The van der Waals surface area contributed by atoms with Gasteiger partial charge >= 0.3 is 0 Å². The Labute approximate surface area is 105 Å². The third-order valence-corrected chi connectivity index (χ3v) is 3.89. The van der Waals surface area contributed by atoms with E-state index in [2.05, 4.69) is 38.5 Å². The summed E-state index contributed by atoms with van der Waals surface area (Å²) in [7, 11) is 1.97. The average Bonchev–Trinajstić information content (AvgIpc) is 2.83. The van der Waals surface area contributed by atoms with Crippen molar-refractivity contribution >= 4 is 15.9 Å². The van der Waals surface area contributed by atoms with Crippen LogP contribution in [0.1, 0.15) is 44.2 Å². The second-order valence-electron chi connectivity index (χ2n) is 4.55. The number of nitrogens with zero attached hydrogens (tertiary/aromatic N) is 3. The Hall–Kier alpha value is -0.420. The van der Waals surface area contributed by atoms with Gasteiger partial charge < -0.3 is 5.32 Å². The van der Waals surface area contributed by atoms with Gasteiger partial charge in [-0.15, -0.1) is 5.10 Å². The van der Waals surface area contributed by atoms with Crippen molar-refractivity contribution in [2.75, 3.05) is 6.54 Å². The van der Waals surface area contributed by atoms with Crippen LogP contribution in [0.15, 0.2) is 4.60 Å². The number of halogens is 1. The molecule has 1 heterocycles. The van der Waals surface area contributed by atoms with Gasteiger partial charge in [-0.1, -0.05) is 12.1 Å². The molecule has 5 heteroatoms. The fraction of sp³-hybridized carbons (Fsp3) is 0.818. The van der Waals surface area contributed by atoms with E-state index < -0.39 is 0 Å². The number of aryl methyl sites for hydroxylation is 1. The number of nitrogens with one attached hydrogen (secondary N) is 1. The van der Waals surface area contributed by atoms with Gasteiger partial charge in [0.1, 0.15) is 0 Å². The largest absolute Gasteiger partial charge is 0.314 e. The molecule has 1 aliphatic carbocycles. The molecular formula is C11H19BrN4. The van der Waals surface area contributed by atoms with Crippen LogP contribution in [0.5, 0.6) is 0 Å². The predicted molar refractivity (Wildman–Crippen MR) is 67.4 cm³/mol. The minimum Gasteiger partial charge on any atom is -0.314 e. The number of rotatable bonds is 4. The summed E-state index contributed by atoms with van der Waals surface area (Å²) in [6, 6.07) is 0.673. The zero-order valence-corrected chi connectivity index (χ0v) is 11.5. The van der Waals surface area contributed by atoms with E-state index in [1.165, 1.54) is 31.4 Å². The Bertz CT molecular complexity index is 330. The first kappa shape index (κ1) is 12.0. The molecule has 1 aliphatic rings. The molecule has 0 aliphatic heterocycles. The van der Waals surface area contributed by atoms with Crippen molar-refractivity contribution in [1.29, 1.82) is 0 Å². The standard InChI is InChI=1S/C11H19BrN4/c1-3-6-13-9-5-4-8(7-9)10-11(12)14-15-16(10)2/h8-9,13H,3-7H2,1-2H3. The SMILES string of the molecule is CCCNC1CCC(c2c(Br)nnn2C)C1. The maximum atomic E-state index is 4.06. The predicted octanol–water partition coefficient (Wildman–Crippen LogP) is 2.21. The van der Waals surface area contributed by atoms with Gasteiger partial charge in [-0.05, 0) is 48.2 Å². The summed E-state index contributed by atoms with van der Waals surface area (Å²) in [5.41, 5.74) is 1.25. The van der Waals surface area contributed by atoms with Crippen molar-refractivity contribution in [1.82, 2.24) is 20.3 Å². The lowest BCUT2D eigenvalue weighted by Gasteiger charge is -2.12. The Morgan fingerprint density at radius 2 is 2.31 bits per heavy atom. The smallest absolute Gasteiger partial charge is 0.151 e. The molecular weight excluding hydrogens is 268 g/mol. The summed E-state index contributed by atoms with van der Waals surface area (Å²) in [5.74, 6) is 0.601. The van der Waals surface area contributed by atoms with Gasteiger partial charge in [-0.2, -0.15) is 0 Å². The second-order valence-corrected chi connectivity index (χ2v) is 5.30. The maximum absolute atomic E-state index is 4.06. The first-order valence-electron chi connectivity index (χ1n) is 6.00. The fourth-order valence-electron chi connectivity index (χ4n) is 2.54. The molecule has 0 radical (unpaired) electrons. The van der Waals surface area contributed by atoms with Crippen LogP contribution < -0.4 is 5.32 Å². The van der Waals surface area contributed by atoms with Crippen LogP contribution in [0.25, 0.3) is 0 Å². The summed E-state index contributed by atoms with van der Waals surface area (Å²) in [6.45, 7) is 3.34. The van der Waals surface area contributed by atoms with E-state index in [-0.39, 0.29) is 0 Å². The number of hydrogen-bond acceptors (Lipinski definition) is 3. The van der Waals surface area contributed by atoms with E-state index >= 15 is 0 Å². The van der Waals surface area contributed by atoms with Crippen LogP contribution in [0.2, 0.25) is 0 Å². The highest BCUT2D eigenvalue weighted by molar-refractivity contribution is 9.10. The second kappa shape index (κ2) is 5.27. The van der Waals surface area contributed by atoms with Crippen molar-refractivity contribution < 1.29 is 0 Å². The van der Waals surface area contributed by atoms with Gasteiger partial charge in [0.05, 0.1) is 5.69 Å². The molecule has 1 fully saturated rings. The van der Waals surface area contributed by atoms with Gasteiger partial charge in [0.25, 0.3) is 0 Å². The van der Waals surface area contributed by atoms with E-state index in [1.54, 1.807) is 0 Å². The van der Waals surface area contributed by atoms with Crippen LogP contribution >= 0.6 is 15.9 Å². The minimum absolute atomic E-state index is 0.601. The molecule has 1 N–H and O–H groups in total. The molecule has 1 saturated carbocycles. The molecule has 0 saturated heterocycles. The summed E-state index contributed by atoms with van der Waals surface area (Å²) >= 11 is 3.48. The normalized spacial score (nSPS) is 25.2. The zero-order chi connectivity index (χ0) is 11.5. The third kappa shape index (κ3) is 2.46. The van der Waals surface area contributed by atoms with Crippen LogP contribution in [0.4, 0.5) is 0 Å². The van der Waals surface area contributed by atoms with Gasteiger partial charge in [-0.3, -0.25) is 4.68 Å². The summed E-state index contributed by atoms with van der Waals surface area (Å²) in [4.78, 5) is 0. The first-order chi connectivity index (χ1) is 7.72. The highest BCUT2D eigenvalue weighted by Crippen LogP contribution is 2.36. The molecule has 0 aromatic carbocycles. The van der Waals surface area contributed by atoms with Crippen molar-refractivity contribution in [2.45, 2.75) is 44.6 Å². The molecule has 2 atom stereocenters. The maximum Gasteiger partial charge on any atom is 0.151 e. The van der Waals surface area contributed by atoms with Crippen LogP contribution in [0.3, 0.4) is 0 Å². The fourth-order valence-corrected chi connectivity index (χ4v) is 3.19. The van der Waals surface area contributed by atoms with Crippen LogP contribution in [-0.2, 0) is 7.05 Å². The van der Waals surface area contributed by atoms with Gasteiger partial charge in [0, 0.05) is 19.0 Å². The summed E-state index contributed by atoms with van der Waals surface area (Å²) < 4.78 is 2.81. The lowest BCUT2D eigenvalue weighted by molar-refractivity contribution is 0.511. The van der Waals surface area contributed by atoms with Gasteiger partial charge in [-0.25, -0.2) is 0 Å². The molecule has 1 aromatic heterocycles. The quantitative estimate of drug-likeness (QED) is 0.923. The lowest BCUT2D eigenvalue weighted by atomic mass is 10.0. The molecule has 1 aromatic rings. The average molecular weight is 287 g/mol. The number of hydrogen-bond donors (Lipinski definition) is 1. The topological polar surface area (TPSA) is 42.7 Å². The van der Waals surface area contributed by atoms with Crippen LogP contribution in [-0.4, -0.2) is 27.6 Å². The Kier molecular flexibility index (Phi) is 3.97.